The van der Waals surface area contributed by atoms with Gasteiger partial charge in [0.15, 0.2) is 0 Å². The van der Waals surface area contributed by atoms with E-state index in [9.17, 15) is 0 Å². The highest BCUT2D eigenvalue weighted by molar-refractivity contribution is 9.11. The van der Waals surface area contributed by atoms with Gasteiger partial charge in [-0.15, -0.1) is 0 Å². The van der Waals surface area contributed by atoms with Crippen molar-refractivity contribution in [3.63, 3.8) is 0 Å². The fourth-order valence-electron chi connectivity index (χ4n) is 1.83. The molecule has 0 spiro atoms. The molecule has 1 unspecified atom stereocenters. The molecule has 0 saturated carbocycles. The largest absolute Gasteiger partial charge is 0.0622 e. The van der Waals surface area contributed by atoms with Crippen molar-refractivity contribution in [3.8, 4) is 0 Å². The molecule has 0 amide bonds. The molecule has 0 heterocycles. The van der Waals surface area contributed by atoms with Crippen molar-refractivity contribution in [1.29, 1.82) is 0 Å². The third-order valence-corrected chi connectivity index (χ3v) is 3.17. The summed E-state index contributed by atoms with van der Waals surface area (Å²) in [4.78, 5) is 0. The first-order valence-corrected chi connectivity index (χ1v) is 5.68. The van der Waals surface area contributed by atoms with E-state index >= 15 is 0 Å². The molecule has 0 aromatic heterocycles. The quantitative estimate of drug-likeness (QED) is 0.692. The van der Waals surface area contributed by atoms with Crippen molar-refractivity contribution < 1.29 is 0 Å². The minimum Gasteiger partial charge on any atom is -0.0622 e. The molecule has 0 aliphatic heterocycles. The van der Waals surface area contributed by atoms with Gasteiger partial charge in [-0.2, -0.15) is 0 Å². The van der Waals surface area contributed by atoms with Crippen LogP contribution in [0.1, 0.15) is 18.9 Å². The van der Waals surface area contributed by atoms with Crippen LogP contribution in [0.15, 0.2) is 47.0 Å². The van der Waals surface area contributed by atoms with E-state index < -0.39 is 0 Å². The second-order valence-electron chi connectivity index (χ2n) is 3.71. The minimum atomic E-state index is 0.608. The lowest BCUT2D eigenvalue weighted by atomic mass is 9.88. The Kier molecular flexibility index (Phi) is 2.87. The summed E-state index contributed by atoms with van der Waals surface area (Å²) >= 11 is 3.55. The molecule has 1 aliphatic rings. The summed E-state index contributed by atoms with van der Waals surface area (Å²) in [5.74, 6) is 0.608. The summed E-state index contributed by atoms with van der Waals surface area (Å²) in [6.07, 6.45) is 5.48. The molecule has 1 heteroatoms. The number of allylic oxidation sites excluding steroid dienone is 4. The van der Waals surface area contributed by atoms with Crippen LogP contribution in [0.5, 0.6) is 0 Å². The van der Waals surface area contributed by atoms with Crippen LogP contribution in [0, 0.1) is 5.92 Å². The predicted molar refractivity (Wildman–Crippen MR) is 65.2 cm³/mol. The second-order valence-corrected chi connectivity index (χ2v) is 4.73. The number of benzene rings is 1. The second kappa shape index (κ2) is 4.14. The van der Waals surface area contributed by atoms with Gasteiger partial charge in [0.05, 0.1) is 0 Å². The molecule has 0 nitrogen and oxygen atoms in total. The molecule has 0 N–H and O–H groups in total. The Hall–Kier alpha value is -0.820. The zero-order valence-corrected chi connectivity index (χ0v) is 9.79. The fourth-order valence-corrected chi connectivity index (χ4v) is 2.44. The Balaban J connectivity index is 2.35. The van der Waals surface area contributed by atoms with Gasteiger partial charge in [-0.3, -0.25) is 0 Å². The van der Waals surface area contributed by atoms with Crippen molar-refractivity contribution in [3.05, 3.63) is 52.5 Å². The van der Waals surface area contributed by atoms with Gasteiger partial charge in [-0.05, 0) is 28.0 Å². The van der Waals surface area contributed by atoms with Gasteiger partial charge in [-0.1, -0.05) is 65.3 Å². The van der Waals surface area contributed by atoms with E-state index in [1.54, 1.807) is 0 Å². The Bertz CT molecular complexity index is 373. The van der Waals surface area contributed by atoms with Gasteiger partial charge in [0, 0.05) is 0 Å². The summed E-state index contributed by atoms with van der Waals surface area (Å²) < 4.78 is 1.30. The first-order valence-electron chi connectivity index (χ1n) is 4.89. The van der Waals surface area contributed by atoms with Crippen molar-refractivity contribution >= 4 is 21.5 Å². The van der Waals surface area contributed by atoms with E-state index in [-0.39, 0.29) is 0 Å². The Morgan fingerprint density at radius 3 is 2.50 bits per heavy atom. The molecule has 1 aromatic carbocycles. The number of rotatable bonds is 1. The molecule has 0 saturated heterocycles. The van der Waals surface area contributed by atoms with Crippen molar-refractivity contribution in [2.24, 2.45) is 5.92 Å². The maximum Gasteiger partial charge on any atom is -0.00433 e. The van der Waals surface area contributed by atoms with Crippen LogP contribution in [0.25, 0.3) is 5.57 Å². The Morgan fingerprint density at radius 2 is 1.86 bits per heavy atom. The highest BCUT2D eigenvalue weighted by Crippen LogP contribution is 2.33. The highest BCUT2D eigenvalue weighted by Gasteiger charge is 2.14. The average Bonchev–Trinajstić information content (AvgIpc) is 2.19. The van der Waals surface area contributed by atoms with Crippen molar-refractivity contribution in [2.75, 3.05) is 0 Å². The molecule has 2 rings (SSSR count). The summed E-state index contributed by atoms with van der Waals surface area (Å²) in [5, 5.41) is 0. The van der Waals surface area contributed by atoms with E-state index in [1.807, 2.05) is 0 Å². The van der Waals surface area contributed by atoms with Crippen LogP contribution in [0.3, 0.4) is 0 Å². The third kappa shape index (κ3) is 1.98. The molecule has 0 bridgehead atoms. The van der Waals surface area contributed by atoms with E-state index in [4.69, 9.17) is 0 Å². The lowest BCUT2D eigenvalue weighted by molar-refractivity contribution is 0.753. The number of hydrogen-bond acceptors (Lipinski definition) is 0. The number of hydrogen-bond donors (Lipinski definition) is 0. The smallest absolute Gasteiger partial charge is 0.00433 e. The average molecular weight is 249 g/mol. The van der Waals surface area contributed by atoms with Gasteiger partial charge in [0.25, 0.3) is 0 Å². The summed E-state index contributed by atoms with van der Waals surface area (Å²) in [7, 11) is 0. The van der Waals surface area contributed by atoms with Crippen LogP contribution < -0.4 is 0 Å². The molecule has 14 heavy (non-hydrogen) atoms. The van der Waals surface area contributed by atoms with Crippen LogP contribution in [-0.2, 0) is 0 Å². The molecule has 1 aliphatic carbocycles. The van der Waals surface area contributed by atoms with Crippen LogP contribution in [-0.4, -0.2) is 0 Å². The lowest BCUT2D eigenvalue weighted by Gasteiger charge is -2.19. The molecule has 1 atom stereocenters. The highest BCUT2D eigenvalue weighted by atomic mass is 79.9. The molecule has 0 fully saturated rings. The van der Waals surface area contributed by atoms with Crippen molar-refractivity contribution in [2.45, 2.75) is 13.3 Å². The molecule has 72 valence electrons. The van der Waals surface area contributed by atoms with E-state index in [0.717, 1.165) is 6.42 Å². The van der Waals surface area contributed by atoms with Gasteiger partial charge >= 0.3 is 0 Å². The Morgan fingerprint density at radius 1 is 1.14 bits per heavy atom. The van der Waals surface area contributed by atoms with E-state index in [2.05, 4.69) is 65.3 Å². The topological polar surface area (TPSA) is 0 Å². The zero-order chi connectivity index (χ0) is 9.97. The van der Waals surface area contributed by atoms with Gasteiger partial charge < -0.3 is 0 Å². The lowest BCUT2D eigenvalue weighted by Crippen LogP contribution is -2.02. The zero-order valence-electron chi connectivity index (χ0n) is 8.20. The van der Waals surface area contributed by atoms with Gasteiger partial charge in [0.2, 0.25) is 0 Å². The maximum absolute atomic E-state index is 3.55. The minimum absolute atomic E-state index is 0.608. The molecule has 0 radical (unpaired) electrons. The molecular formula is C13H13Br. The maximum atomic E-state index is 3.55. The monoisotopic (exact) mass is 248 g/mol. The van der Waals surface area contributed by atoms with Gasteiger partial charge in [0.1, 0.15) is 0 Å². The van der Waals surface area contributed by atoms with E-state index in [1.165, 1.54) is 15.6 Å². The van der Waals surface area contributed by atoms with Crippen LogP contribution in [0.4, 0.5) is 0 Å². The Labute approximate surface area is 93.5 Å². The summed E-state index contributed by atoms with van der Waals surface area (Å²) in [6, 6.07) is 10.6. The van der Waals surface area contributed by atoms with E-state index in [0.29, 0.717) is 5.92 Å². The first kappa shape index (κ1) is 9.72. The predicted octanol–water partition coefficient (Wildman–Crippen LogP) is 4.39. The number of halogens is 1. The van der Waals surface area contributed by atoms with Crippen LogP contribution in [0.2, 0.25) is 0 Å². The molecular weight excluding hydrogens is 236 g/mol. The fraction of sp³-hybridized carbons (Fsp3) is 0.231. The SMILES string of the molecule is CC1CC(Br)=CC=C1c1ccccc1. The summed E-state index contributed by atoms with van der Waals surface area (Å²) in [6.45, 7) is 2.27. The standard InChI is InChI=1S/C13H13Br/c1-10-9-12(14)7-8-13(10)11-5-3-2-4-6-11/h2-8,10H,9H2,1H3. The van der Waals surface area contributed by atoms with Crippen molar-refractivity contribution in [1.82, 2.24) is 0 Å². The first-order chi connectivity index (χ1) is 6.77. The summed E-state index contributed by atoms with van der Waals surface area (Å²) in [5.41, 5.74) is 2.78. The molecule has 1 aromatic rings. The normalized spacial score (nSPS) is 21.4. The van der Waals surface area contributed by atoms with Gasteiger partial charge in [-0.25, -0.2) is 0 Å². The third-order valence-electron chi connectivity index (χ3n) is 2.58. The van der Waals surface area contributed by atoms with Crippen LogP contribution >= 0.6 is 15.9 Å².